The smallest absolute Gasteiger partial charge is 0.224 e. The third-order valence-corrected chi connectivity index (χ3v) is 4.78. The van der Waals surface area contributed by atoms with Crippen LogP contribution < -0.4 is 0 Å². The van der Waals surface area contributed by atoms with Gasteiger partial charge >= 0.3 is 0 Å². The summed E-state index contributed by atoms with van der Waals surface area (Å²) in [6.07, 6.45) is 2.94. The summed E-state index contributed by atoms with van der Waals surface area (Å²) in [6, 6.07) is 14.5. The molecule has 0 bridgehead atoms. The zero-order valence-electron chi connectivity index (χ0n) is 15.8. The number of halogens is 3. The van der Waals surface area contributed by atoms with Crippen molar-refractivity contribution in [2.24, 2.45) is 0 Å². The summed E-state index contributed by atoms with van der Waals surface area (Å²) in [6.45, 7) is 3.89. The lowest BCUT2D eigenvalue weighted by Crippen LogP contribution is -2.23. The third kappa shape index (κ3) is 3.63. The molecule has 7 heteroatoms. The highest BCUT2D eigenvalue weighted by Crippen LogP contribution is 2.31. The van der Waals surface area contributed by atoms with E-state index in [0.29, 0.717) is 22.9 Å². The molecule has 4 nitrogen and oxygen atoms in total. The summed E-state index contributed by atoms with van der Waals surface area (Å²) in [5.41, 5.74) is 1.22. The highest BCUT2D eigenvalue weighted by atomic mass is 19.1. The fraction of sp³-hybridized carbons (Fsp3) is 0.136. The van der Waals surface area contributed by atoms with Crippen LogP contribution in [-0.2, 0) is 5.41 Å². The summed E-state index contributed by atoms with van der Waals surface area (Å²) in [5.74, 6) is -1.57. The SMILES string of the molecule is CC(C)(c1cccc(-c2ccc(F)nc2F)n1)c1cccc(-n2ccc(F)c2)n1. The maximum Gasteiger partial charge on any atom is 0.224 e. The van der Waals surface area contributed by atoms with E-state index in [0.717, 1.165) is 6.07 Å². The second-order valence-electron chi connectivity index (χ2n) is 7.12. The molecular weight excluding hydrogens is 377 g/mol. The standard InChI is InChI=1S/C22H17F3N4/c1-22(2,18-7-4-8-20(27-18)29-12-11-14(23)13-29)17-6-3-5-16(26-17)15-9-10-19(24)28-21(15)25/h3-13H,1-2H3. The predicted molar refractivity (Wildman–Crippen MR) is 103 cm³/mol. The Kier molecular flexibility index (Phi) is 4.66. The van der Waals surface area contributed by atoms with E-state index in [1.807, 2.05) is 32.0 Å². The van der Waals surface area contributed by atoms with E-state index in [9.17, 15) is 13.2 Å². The van der Waals surface area contributed by atoms with E-state index < -0.39 is 17.3 Å². The Bertz CT molecular complexity index is 1180. The molecule has 146 valence electrons. The molecule has 29 heavy (non-hydrogen) atoms. The van der Waals surface area contributed by atoms with Crippen molar-refractivity contribution in [2.45, 2.75) is 19.3 Å². The van der Waals surface area contributed by atoms with Gasteiger partial charge in [0.1, 0.15) is 11.6 Å². The van der Waals surface area contributed by atoms with Crippen molar-refractivity contribution in [2.75, 3.05) is 0 Å². The van der Waals surface area contributed by atoms with Crippen molar-refractivity contribution in [1.82, 2.24) is 19.5 Å². The molecule has 4 aromatic rings. The minimum absolute atomic E-state index is 0.119. The van der Waals surface area contributed by atoms with Gasteiger partial charge in [0.15, 0.2) is 0 Å². The summed E-state index contributed by atoms with van der Waals surface area (Å²) in [7, 11) is 0. The second-order valence-corrected chi connectivity index (χ2v) is 7.12. The first-order valence-electron chi connectivity index (χ1n) is 8.96. The Morgan fingerprint density at radius 1 is 0.793 bits per heavy atom. The van der Waals surface area contributed by atoms with Gasteiger partial charge in [-0.2, -0.15) is 13.8 Å². The van der Waals surface area contributed by atoms with Crippen LogP contribution in [0.5, 0.6) is 0 Å². The average Bonchev–Trinajstić information content (AvgIpc) is 3.14. The Morgan fingerprint density at radius 2 is 1.52 bits per heavy atom. The number of pyridine rings is 3. The number of nitrogens with zero attached hydrogens (tertiary/aromatic N) is 4. The van der Waals surface area contributed by atoms with Crippen molar-refractivity contribution >= 4 is 0 Å². The summed E-state index contributed by atoms with van der Waals surface area (Å²) in [4.78, 5) is 12.5. The number of aromatic nitrogens is 4. The summed E-state index contributed by atoms with van der Waals surface area (Å²) in [5, 5.41) is 0. The predicted octanol–water partition coefficient (Wildman–Crippen LogP) is 5.07. The highest BCUT2D eigenvalue weighted by Gasteiger charge is 2.27. The molecule has 4 aromatic heterocycles. The van der Waals surface area contributed by atoms with Crippen molar-refractivity contribution in [3.63, 3.8) is 0 Å². The van der Waals surface area contributed by atoms with Gasteiger partial charge in [0.25, 0.3) is 0 Å². The molecule has 0 saturated carbocycles. The molecule has 0 saturated heterocycles. The van der Waals surface area contributed by atoms with Crippen LogP contribution in [0.1, 0.15) is 25.2 Å². The Morgan fingerprint density at radius 3 is 2.21 bits per heavy atom. The molecule has 0 amide bonds. The van der Waals surface area contributed by atoms with Crippen molar-refractivity contribution < 1.29 is 13.2 Å². The monoisotopic (exact) mass is 394 g/mol. The zero-order chi connectivity index (χ0) is 20.6. The first kappa shape index (κ1) is 18.9. The highest BCUT2D eigenvalue weighted by molar-refractivity contribution is 5.59. The number of hydrogen-bond acceptors (Lipinski definition) is 3. The first-order valence-corrected chi connectivity index (χ1v) is 8.96. The second kappa shape index (κ2) is 7.16. The van der Waals surface area contributed by atoms with Gasteiger partial charge in [-0.1, -0.05) is 12.1 Å². The molecule has 0 N–H and O–H groups in total. The van der Waals surface area contributed by atoms with Gasteiger partial charge in [-0.3, -0.25) is 4.98 Å². The van der Waals surface area contributed by atoms with Gasteiger partial charge in [0, 0.05) is 17.8 Å². The van der Waals surface area contributed by atoms with Crippen LogP contribution in [0.3, 0.4) is 0 Å². The minimum Gasteiger partial charge on any atom is -0.306 e. The van der Waals surface area contributed by atoms with Crippen molar-refractivity contribution in [3.8, 4) is 17.1 Å². The molecule has 0 fully saturated rings. The molecule has 0 aromatic carbocycles. The van der Waals surface area contributed by atoms with Crippen LogP contribution in [-0.4, -0.2) is 19.5 Å². The fourth-order valence-corrected chi connectivity index (χ4v) is 3.10. The number of hydrogen-bond donors (Lipinski definition) is 0. The molecule has 0 spiro atoms. The van der Waals surface area contributed by atoms with Crippen molar-refractivity contribution in [3.05, 3.63) is 96.1 Å². The van der Waals surface area contributed by atoms with E-state index in [2.05, 4.69) is 15.0 Å². The van der Waals surface area contributed by atoms with E-state index in [-0.39, 0.29) is 11.4 Å². The maximum absolute atomic E-state index is 14.1. The van der Waals surface area contributed by atoms with Crippen molar-refractivity contribution in [1.29, 1.82) is 0 Å². The Labute approximate surface area is 165 Å². The molecule has 0 unspecified atom stereocenters. The molecule has 4 heterocycles. The molecule has 0 radical (unpaired) electrons. The van der Waals surface area contributed by atoms with Crippen LogP contribution in [0.4, 0.5) is 13.2 Å². The lowest BCUT2D eigenvalue weighted by molar-refractivity contribution is 0.514. The van der Waals surface area contributed by atoms with Crippen LogP contribution in [0, 0.1) is 17.7 Å². The normalized spacial score (nSPS) is 11.6. The van der Waals surface area contributed by atoms with E-state index in [4.69, 9.17) is 0 Å². The van der Waals surface area contributed by atoms with Crippen LogP contribution in [0.2, 0.25) is 0 Å². The summed E-state index contributed by atoms with van der Waals surface area (Å²) >= 11 is 0. The van der Waals surface area contributed by atoms with Gasteiger partial charge in [-0.25, -0.2) is 9.37 Å². The van der Waals surface area contributed by atoms with E-state index in [1.165, 1.54) is 18.3 Å². The third-order valence-electron chi connectivity index (χ3n) is 4.78. The number of rotatable bonds is 4. The van der Waals surface area contributed by atoms with Crippen LogP contribution in [0.15, 0.2) is 67.0 Å². The molecule has 4 rings (SSSR count). The zero-order valence-corrected chi connectivity index (χ0v) is 15.8. The van der Waals surface area contributed by atoms with Crippen LogP contribution >= 0.6 is 0 Å². The topological polar surface area (TPSA) is 43.6 Å². The minimum atomic E-state index is -0.915. The molecule has 0 aliphatic rings. The van der Waals surface area contributed by atoms with Gasteiger partial charge in [-0.05, 0) is 56.3 Å². The van der Waals surface area contributed by atoms with Crippen LogP contribution in [0.25, 0.3) is 17.1 Å². The molecule has 0 atom stereocenters. The average molecular weight is 394 g/mol. The van der Waals surface area contributed by atoms with Gasteiger partial charge < -0.3 is 4.57 Å². The molecule has 0 aliphatic heterocycles. The van der Waals surface area contributed by atoms with E-state index >= 15 is 0 Å². The first-order chi connectivity index (χ1) is 13.8. The van der Waals surface area contributed by atoms with Gasteiger partial charge in [-0.15, -0.1) is 0 Å². The Hall–Kier alpha value is -3.48. The molecular formula is C22H17F3N4. The maximum atomic E-state index is 14.1. The lowest BCUT2D eigenvalue weighted by atomic mass is 9.84. The summed E-state index contributed by atoms with van der Waals surface area (Å²) < 4.78 is 42.2. The Balaban J connectivity index is 1.74. The largest absolute Gasteiger partial charge is 0.306 e. The molecule has 0 aliphatic carbocycles. The van der Waals surface area contributed by atoms with Gasteiger partial charge in [0.2, 0.25) is 11.9 Å². The quantitative estimate of drug-likeness (QED) is 0.454. The fourth-order valence-electron chi connectivity index (χ4n) is 3.10. The van der Waals surface area contributed by atoms with Gasteiger partial charge in [0.05, 0.1) is 22.6 Å². The lowest BCUT2D eigenvalue weighted by Gasteiger charge is -2.24. The van der Waals surface area contributed by atoms with E-state index in [1.54, 1.807) is 29.0 Å².